The molecule has 1 unspecified atom stereocenters. The minimum Gasteiger partial charge on any atom is -0.445 e. The fraction of sp³-hybridized carbons (Fsp3) is 0.167. The van der Waals surface area contributed by atoms with E-state index in [-0.39, 0.29) is 11.3 Å². The molecule has 1 atom stereocenters. The standard InChI is InChI=1S/C18H15NO4/c1-3-16(11-14-7-5-4-6-8-14)23-18(20)15-10-9-13(2)17(12-15)19(21)22/h1,4-10,12,16H,11H2,2H3. The van der Waals surface area contributed by atoms with Crippen LogP contribution in [0.2, 0.25) is 0 Å². The number of hydrogen-bond acceptors (Lipinski definition) is 4. The van der Waals surface area contributed by atoms with Gasteiger partial charge in [0, 0.05) is 18.1 Å². The van der Waals surface area contributed by atoms with E-state index in [0.717, 1.165) is 5.56 Å². The van der Waals surface area contributed by atoms with Gasteiger partial charge in [-0.25, -0.2) is 4.79 Å². The van der Waals surface area contributed by atoms with Crippen LogP contribution in [-0.4, -0.2) is 17.0 Å². The first kappa shape index (κ1) is 16.2. The van der Waals surface area contributed by atoms with Crippen LogP contribution in [0.3, 0.4) is 0 Å². The average Bonchev–Trinajstić information content (AvgIpc) is 2.55. The molecule has 0 aliphatic carbocycles. The fourth-order valence-electron chi connectivity index (χ4n) is 2.09. The second kappa shape index (κ2) is 7.23. The van der Waals surface area contributed by atoms with Crippen LogP contribution < -0.4 is 0 Å². The molecule has 0 amide bonds. The maximum absolute atomic E-state index is 12.1. The summed E-state index contributed by atoms with van der Waals surface area (Å²) >= 11 is 0. The number of carbonyl (C=O) groups is 1. The molecule has 0 aliphatic heterocycles. The van der Waals surface area contributed by atoms with Crippen LogP contribution in [0, 0.1) is 29.4 Å². The highest BCUT2D eigenvalue weighted by Gasteiger charge is 2.18. The predicted molar refractivity (Wildman–Crippen MR) is 86.0 cm³/mol. The zero-order valence-corrected chi connectivity index (χ0v) is 12.6. The van der Waals surface area contributed by atoms with Gasteiger partial charge in [0.2, 0.25) is 0 Å². The smallest absolute Gasteiger partial charge is 0.339 e. The van der Waals surface area contributed by atoms with Crippen molar-refractivity contribution in [1.82, 2.24) is 0 Å². The van der Waals surface area contributed by atoms with Gasteiger partial charge in [0.25, 0.3) is 5.69 Å². The van der Waals surface area contributed by atoms with Gasteiger partial charge in [-0.3, -0.25) is 10.1 Å². The van der Waals surface area contributed by atoms with E-state index in [1.807, 2.05) is 30.3 Å². The highest BCUT2D eigenvalue weighted by molar-refractivity contribution is 5.90. The molecule has 0 saturated heterocycles. The number of rotatable bonds is 5. The lowest BCUT2D eigenvalue weighted by Gasteiger charge is -2.12. The van der Waals surface area contributed by atoms with Gasteiger partial charge in [-0.2, -0.15) is 0 Å². The van der Waals surface area contributed by atoms with Crippen LogP contribution >= 0.6 is 0 Å². The Hall–Kier alpha value is -3.13. The predicted octanol–water partition coefficient (Wildman–Crippen LogP) is 3.30. The summed E-state index contributed by atoms with van der Waals surface area (Å²) in [6.07, 6.45) is 5.07. The van der Waals surface area contributed by atoms with Crippen molar-refractivity contribution in [2.24, 2.45) is 0 Å². The van der Waals surface area contributed by atoms with Crippen molar-refractivity contribution in [2.75, 3.05) is 0 Å². The van der Waals surface area contributed by atoms with Gasteiger partial charge in [-0.15, -0.1) is 6.42 Å². The number of benzene rings is 2. The van der Waals surface area contributed by atoms with Gasteiger partial charge >= 0.3 is 5.97 Å². The van der Waals surface area contributed by atoms with E-state index in [0.29, 0.717) is 12.0 Å². The molecule has 5 heteroatoms. The number of ether oxygens (including phenoxy) is 1. The molecule has 116 valence electrons. The quantitative estimate of drug-likeness (QED) is 0.368. The molecule has 0 N–H and O–H groups in total. The molecule has 0 fully saturated rings. The summed E-state index contributed by atoms with van der Waals surface area (Å²) in [4.78, 5) is 22.6. The molecule has 0 saturated carbocycles. The van der Waals surface area contributed by atoms with E-state index < -0.39 is 17.0 Å². The topological polar surface area (TPSA) is 69.4 Å². The Kier molecular flexibility index (Phi) is 5.11. The summed E-state index contributed by atoms with van der Waals surface area (Å²) in [6, 6.07) is 13.6. The van der Waals surface area contributed by atoms with Crippen molar-refractivity contribution in [2.45, 2.75) is 19.4 Å². The zero-order valence-electron chi connectivity index (χ0n) is 12.6. The highest BCUT2D eigenvalue weighted by atomic mass is 16.6. The second-order valence-corrected chi connectivity index (χ2v) is 5.01. The molecule has 0 aliphatic rings. The minimum atomic E-state index is -0.731. The molecule has 5 nitrogen and oxygen atoms in total. The molecule has 0 spiro atoms. The second-order valence-electron chi connectivity index (χ2n) is 5.01. The SMILES string of the molecule is C#CC(Cc1ccccc1)OC(=O)c1ccc(C)c([N+](=O)[O-])c1. The van der Waals surface area contributed by atoms with Crippen molar-refractivity contribution < 1.29 is 14.5 Å². The molecule has 2 aromatic rings. The Balaban J connectivity index is 2.13. The number of esters is 1. The summed E-state index contributed by atoms with van der Waals surface area (Å²) < 4.78 is 5.27. The lowest BCUT2D eigenvalue weighted by Crippen LogP contribution is -2.19. The Bertz CT molecular complexity index is 762. The van der Waals surface area contributed by atoms with Crippen LogP contribution in [0.25, 0.3) is 0 Å². The number of hydrogen-bond donors (Lipinski definition) is 0. The van der Waals surface area contributed by atoms with Crippen LogP contribution in [0.4, 0.5) is 5.69 Å². The highest BCUT2D eigenvalue weighted by Crippen LogP contribution is 2.20. The summed E-state index contributed by atoms with van der Waals surface area (Å²) in [5.74, 6) is 1.75. The minimum absolute atomic E-state index is 0.107. The molecule has 0 aromatic heterocycles. The van der Waals surface area contributed by atoms with E-state index in [1.165, 1.54) is 18.2 Å². The number of carbonyl (C=O) groups excluding carboxylic acids is 1. The number of nitro benzene ring substituents is 1. The molecule has 0 bridgehead atoms. The van der Waals surface area contributed by atoms with Crippen molar-refractivity contribution in [3.63, 3.8) is 0 Å². The van der Waals surface area contributed by atoms with E-state index in [1.54, 1.807) is 6.92 Å². The summed E-state index contributed by atoms with van der Waals surface area (Å²) in [5.41, 5.74) is 1.40. The average molecular weight is 309 g/mol. The van der Waals surface area contributed by atoms with Gasteiger partial charge < -0.3 is 4.74 Å². The van der Waals surface area contributed by atoms with E-state index in [4.69, 9.17) is 11.2 Å². The molecule has 0 heterocycles. The normalized spacial score (nSPS) is 11.3. The Morgan fingerprint density at radius 3 is 2.61 bits per heavy atom. The Labute approximate surface area is 134 Å². The first-order valence-electron chi connectivity index (χ1n) is 6.97. The van der Waals surface area contributed by atoms with Crippen molar-refractivity contribution in [3.05, 3.63) is 75.3 Å². The molecular weight excluding hydrogens is 294 g/mol. The van der Waals surface area contributed by atoms with E-state index in [9.17, 15) is 14.9 Å². The Morgan fingerprint density at radius 2 is 2.00 bits per heavy atom. The first-order chi connectivity index (χ1) is 11.0. The van der Waals surface area contributed by atoms with Gasteiger partial charge in [0.05, 0.1) is 10.5 Å². The van der Waals surface area contributed by atoms with E-state index >= 15 is 0 Å². The summed E-state index contributed by atoms with van der Waals surface area (Å²) in [7, 11) is 0. The number of aryl methyl sites for hydroxylation is 1. The summed E-state index contributed by atoms with van der Waals surface area (Å²) in [5, 5.41) is 10.9. The van der Waals surface area contributed by atoms with Crippen molar-refractivity contribution in [3.8, 4) is 12.3 Å². The first-order valence-corrected chi connectivity index (χ1v) is 6.97. The number of terminal acetylenes is 1. The molecule has 2 aromatic carbocycles. The largest absolute Gasteiger partial charge is 0.445 e. The van der Waals surface area contributed by atoms with Crippen LogP contribution in [0.1, 0.15) is 21.5 Å². The number of nitrogens with zero attached hydrogens (tertiary/aromatic N) is 1. The third-order valence-corrected chi connectivity index (χ3v) is 3.34. The van der Waals surface area contributed by atoms with Gasteiger partial charge in [0.15, 0.2) is 6.10 Å². The fourth-order valence-corrected chi connectivity index (χ4v) is 2.09. The van der Waals surface area contributed by atoms with Crippen LogP contribution in [0.15, 0.2) is 48.5 Å². The lowest BCUT2D eigenvalue weighted by atomic mass is 10.1. The third kappa shape index (κ3) is 4.17. The third-order valence-electron chi connectivity index (χ3n) is 3.34. The zero-order chi connectivity index (χ0) is 16.8. The molecule has 2 rings (SSSR count). The van der Waals surface area contributed by atoms with Crippen molar-refractivity contribution in [1.29, 1.82) is 0 Å². The van der Waals surface area contributed by atoms with Gasteiger partial charge in [0.1, 0.15) is 0 Å². The number of nitro groups is 1. The van der Waals surface area contributed by atoms with Crippen LogP contribution in [-0.2, 0) is 11.2 Å². The monoisotopic (exact) mass is 309 g/mol. The lowest BCUT2D eigenvalue weighted by molar-refractivity contribution is -0.385. The molecular formula is C18H15NO4. The Morgan fingerprint density at radius 1 is 1.30 bits per heavy atom. The maximum atomic E-state index is 12.1. The van der Waals surface area contributed by atoms with E-state index in [2.05, 4.69) is 5.92 Å². The van der Waals surface area contributed by atoms with Gasteiger partial charge in [-0.05, 0) is 18.6 Å². The van der Waals surface area contributed by atoms with Crippen LogP contribution in [0.5, 0.6) is 0 Å². The van der Waals surface area contributed by atoms with Crippen molar-refractivity contribution >= 4 is 11.7 Å². The summed E-state index contributed by atoms with van der Waals surface area (Å²) in [6.45, 7) is 1.60. The molecule has 0 radical (unpaired) electrons. The molecule has 23 heavy (non-hydrogen) atoms. The van der Waals surface area contributed by atoms with Gasteiger partial charge in [-0.1, -0.05) is 42.3 Å². The maximum Gasteiger partial charge on any atom is 0.339 e.